The number of halogens is 5. The number of hydrogen-bond acceptors (Lipinski definition) is 10. The number of amides is 2. The minimum atomic E-state index is -5.14. The molecule has 4 aromatic rings. The smallest absolute Gasteiger partial charge is 0.417 e. The minimum Gasteiger partial charge on any atom is -0.444 e. The molecule has 2 atom stereocenters. The number of ether oxygens (including phenoxy) is 2. The highest BCUT2D eigenvalue weighted by atomic mass is 32.1. The molecule has 2 fully saturated rings. The number of carbonyl (C=O) groups is 2. The van der Waals surface area contributed by atoms with Gasteiger partial charge in [0.2, 0.25) is 5.95 Å². The molecule has 2 amide bonds. The number of nitrogens with zero attached hydrogens (tertiary/aromatic N) is 6. The summed E-state index contributed by atoms with van der Waals surface area (Å²) in [5.74, 6) is -2.18. The molecule has 4 heterocycles. The summed E-state index contributed by atoms with van der Waals surface area (Å²) in [5.41, 5.74) is -5.23. The van der Waals surface area contributed by atoms with Crippen LogP contribution in [0.15, 0.2) is 18.2 Å². The minimum absolute atomic E-state index is 0.0142. The molecule has 6 rings (SSSR count). The summed E-state index contributed by atoms with van der Waals surface area (Å²) in [5, 5.41) is 11.9. The molecule has 282 valence electrons. The third-order valence-electron chi connectivity index (χ3n) is 8.78. The maximum absolute atomic E-state index is 17.1. The first kappa shape index (κ1) is 37.8. The highest BCUT2D eigenvalue weighted by Crippen LogP contribution is 2.49. The Hall–Kier alpha value is -4.98. The van der Waals surface area contributed by atoms with Gasteiger partial charge in [0.25, 0.3) is 0 Å². The van der Waals surface area contributed by atoms with Crippen LogP contribution in [0.25, 0.3) is 32.1 Å². The quantitative estimate of drug-likeness (QED) is 0.204. The Morgan fingerprint density at radius 3 is 2.17 bits per heavy atom. The SMILES string of the molecule is CN(C)c1nc(N2CC3CCC(C2)N3C(=O)OC(C)(C)C)c2cc(C(F)(F)F)c(-c3ccc(F)c4sc(NC(=O)OC(C)(C)C)c(C#N)c34)c(F)c2n1. The molecule has 0 spiro atoms. The molecule has 2 saturated heterocycles. The summed E-state index contributed by atoms with van der Waals surface area (Å²) in [4.78, 5) is 39.6. The fraction of sp³-hybridized carbons (Fsp3) is 0.472. The van der Waals surface area contributed by atoms with Crippen molar-refractivity contribution in [3.8, 4) is 17.2 Å². The highest BCUT2D eigenvalue weighted by molar-refractivity contribution is 7.23. The lowest BCUT2D eigenvalue weighted by Crippen LogP contribution is -2.57. The van der Waals surface area contributed by atoms with Crippen LogP contribution < -0.4 is 15.1 Å². The zero-order chi connectivity index (χ0) is 38.9. The number of benzene rings is 2. The first-order valence-electron chi connectivity index (χ1n) is 16.8. The number of carbonyl (C=O) groups excluding carboxylic acids is 2. The van der Waals surface area contributed by atoms with E-state index in [4.69, 9.17) is 9.47 Å². The third kappa shape index (κ3) is 7.20. The van der Waals surface area contributed by atoms with Crippen molar-refractivity contribution in [3.05, 3.63) is 41.0 Å². The van der Waals surface area contributed by atoms with Crippen LogP contribution in [-0.4, -0.2) is 77.5 Å². The van der Waals surface area contributed by atoms with Crippen LogP contribution in [-0.2, 0) is 15.7 Å². The van der Waals surface area contributed by atoms with Crippen LogP contribution in [0, 0.1) is 23.0 Å². The number of fused-ring (bicyclic) bond motifs is 4. The first-order chi connectivity index (χ1) is 24.6. The van der Waals surface area contributed by atoms with Gasteiger partial charge in [-0.3, -0.25) is 10.2 Å². The molecule has 53 heavy (non-hydrogen) atoms. The van der Waals surface area contributed by atoms with E-state index in [1.807, 2.05) is 6.07 Å². The molecular weight excluding hydrogens is 721 g/mol. The Kier molecular flexibility index (Phi) is 9.37. The van der Waals surface area contributed by atoms with Crippen molar-refractivity contribution in [1.82, 2.24) is 14.9 Å². The third-order valence-corrected chi connectivity index (χ3v) is 9.89. The fourth-order valence-corrected chi connectivity index (χ4v) is 7.86. The molecule has 17 heteroatoms. The Bertz CT molecular complexity index is 2170. The largest absolute Gasteiger partial charge is 0.444 e. The lowest BCUT2D eigenvalue weighted by Gasteiger charge is -2.42. The van der Waals surface area contributed by atoms with Gasteiger partial charge in [0.05, 0.1) is 27.9 Å². The summed E-state index contributed by atoms with van der Waals surface area (Å²) in [6.45, 7) is 10.5. The van der Waals surface area contributed by atoms with Crippen molar-refractivity contribution in [2.75, 3.05) is 42.3 Å². The normalized spacial score (nSPS) is 17.7. The molecule has 2 unspecified atom stereocenters. The number of aromatic nitrogens is 2. The van der Waals surface area contributed by atoms with Gasteiger partial charge in [-0.1, -0.05) is 6.07 Å². The summed E-state index contributed by atoms with van der Waals surface area (Å²) in [7, 11) is 3.20. The molecule has 2 aliphatic rings. The van der Waals surface area contributed by atoms with Crippen LogP contribution in [0.4, 0.5) is 48.3 Å². The predicted octanol–water partition coefficient (Wildman–Crippen LogP) is 8.68. The van der Waals surface area contributed by atoms with E-state index < -0.39 is 63.4 Å². The fourth-order valence-electron chi connectivity index (χ4n) is 6.79. The molecule has 11 nitrogen and oxygen atoms in total. The molecule has 1 N–H and O–H groups in total. The topological polar surface area (TPSA) is 124 Å². The number of hydrogen-bond donors (Lipinski definition) is 1. The predicted molar refractivity (Wildman–Crippen MR) is 191 cm³/mol. The van der Waals surface area contributed by atoms with E-state index in [-0.39, 0.29) is 63.0 Å². The van der Waals surface area contributed by atoms with Crippen molar-refractivity contribution >= 4 is 61.3 Å². The summed E-state index contributed by atoms with van der Waals surface area (Å²) in [6.07, 6.45) is -5.35. The lowest BCUT2D eigenvalue weighted by atomic mass is 9.92. The Labute approximate surface area is 306 Å². The maximum Gasteiger partial charge on any atom is 0.417 e. The Morgan fingerprint density at radius 2 is 1.62 bits per heavy atom. The van der Waals surface area contributed by atoms with Gasteiger partial charge < -0.3 is 19.3 Å². The zero-order valence-electron chi connectivity index (χ0n) is 30.3. The summed E-state index contributed by atoms with van der Waals surface area (Å²) < 4.78 is 88.5. The van der Waals surface area contributed by atoms with Gasteiger partial charge >= 0.3 is 18.4 Å². The van der Waals surface area contributed by atoms with Crippen LogP contribution in [0.3, 0.4) is 0 Å². The van der Waals surface area contributed by atoms with Crippen molar-refractivity contribution in [3.63, 3.8) is 0 Å². The van der Waals surface area contributed by atoms with Crippen molar-refractivity contribution < 1.29 is 41.0 Å². The lowest BCUT2D eigenvalue weighted by molar-refractivity contribution is -0.137. The van der Waals surface area contributed by atoms with Gasteiger partial charge in [0, 0.05) is 43.5 Å². The number of piperazine rings is 1. The van der Waals surface area contributed by atoms with E-state index in [0.29, 0.717) is 24.2 Å². The van der Waals surface area contributed by atoms with Gasteiger partial charge in [-0.2, -0.15) is 23.4 Å². The highest BCUT2D eigenvalue weighted by Gasteiger charge is 2.46. The van der Waals surface area contributed by atoms with Crippen LogP contribution in [0.1, 0.15) is 65.5 Å². The van der Waals surface area contributed by atoms with Crippen LogP contribution in [0.2, 0.25) is 0 Å². The number of alkyl halides is 3. The van der Waals surface area contributed by atoms with E-state index >= 15 is 22.0 Å². The molecule has 2 aromatic heterocycles. The second-order valence-corrected chi connectivity index (χ2v) is 16.3. The Morgan fingerprint density at radius 1 is 1.00 bits per heavy atom. The second kappa shape index (κ2) is 13.2. The van der Waals surface area contributed by atoms with Gasteiger partial charge in [0.1, 0.15) is 39.4 Å². The van der Waals surface area contributed by atoms with E-state index in [2.05, 4.69) is 15.3 Å². The maximum atomic E-state index is 17.1. The molecule has 2 bridgehead atoms. The zero-order valence-corrected chi connectivity index (χ0v) is 31.1. The number of anilines is 3. The van der Waals surface area contributed by atoms with Crippen LogP contribution >= 0.6 is 11.3 Å². The van der Waals surface area contributed by atoms with Crippen molar-refractivity contribution in [2.24, 2.45) is 0 Å². The first-order valence-corrected chi connectivity index (χ1v) is 17.6. The molecule has 0 radical (unpaired) electrons. The van der Waals surface area contributed by atoms with E-state index in [0.717, 1.165) is 18.2 Å². The Balaban J connectivity index is 1.55. The van der Waals surface area contributed by atoms with E-state index in [1.165, 1.54) is 4.90 Å². The van der Waals surface area contributed by atoms with E-state index in [9.17, 15) is 14.9 Å². The molecule has 0 saturated carbocycles. The van der Waals surface area contributed by atoms with Gasteiger partial charge in [-0.15, -0.1) is 11.3 Å². The van der Waals surface area contributed by atoms with Gasteiger partial charge in [0.15, 0.2) is 5.82 Å². The monoisotopic (exact) mass is 759 g/mol. The molecular formula is C36H38F5N7O4S. The van der Waals surface area contributed by atoms with Gasteiger partial charge in [-0.25, -0.2) is 23.4 Å². The average molecular weight is 760 g/mol. The van der Waals surface area contributed by atoms with Gasteiger partial charge in [-0.05, 0) is 72.1 Å². The van der Waals surface area contributed by atoms with Crippen molar-refractivity contribution in [1.29, 1.82) is 5.26 Å². The van der Waals surface area contributed by atoms with E-state index in [1.54, 1.807) is 65.4 Å². The number of nitrogens with one attached hydrogen (secondary N) is 1. The number of rotatable bonds is 4. The standard InChI is InChI=1S/C36H38F5N7O4S/c1-34(2,3)51-32(49)45-30-21(14-42)24-19(11-12-23(37)28(24)53-30)25-22(36(39,40)41)13-20-27(26(25)38)43-31(46(7)8)44-29(20)47-15-17-9-10-18(16-47)48(17)33(50)52-35(4,5)6/h11-13,17-18H,9-10,15-16H2,1-8H3,(H,45,49). The number of nitriles is 1. The van der Waals surface area contributed by atoms with Crippen molar-refractivity contribution in [2.45, 2.75) is 83.8 Å². The average Bonchev–Trinajstić information content (AvgIpc) is 3.52. The number of thiophene rings is 1. The molecule has 2 aromatic carbocycles. The second-order valence-electron chi connectivity index (χ2n) is 15.3. The molecule has 2 aliphatic heterocycles. The molecule has 0 aliphatic carbocycles. The van der Waals surface area contributed by atoms with Crippen LogP contribution in [0.5, 0.6) is 0 Å². The summed E-state index contributed by atoms with van der Waals surface area (Å²) >= 11 is 0.611. The summed E-state index contributed by atoms with van der Waals surface area (Å²) in [6, 6.07) is 3.82.